The number of carbonyl (C=O) groups excluding carboxylic acids is 1. The molecule has 0 N–H and O–H groups in total. The van der Waals surface area contributed by atoms with Crippen LogP contribution in [0.25, 0.3) is 0 Å². The molecule has 0 aromatic heterocycles. The van der Waals surface area contributed by atoms with Crippen molar-refractivity contribution < 1.29 is 9.53 Å². The first-order valence-electron chi connectivity index (χ1n) is 5.63. The van der Waals surface area contributed by atoms with E-state index in [1.165, 1.54) is 5.56 Å². The summed E-state index contributed by atoms with van der Waals surface area (Å²) in [4.78, 5) is 11.6. The molecule has 1 aliphatic heterocycles. The van der Waals surface area contributed by atoms with Crippen molar-refractivity contribution in [1.82, 2.24) is 0 Å². The van der Waals surface area contributed by atoms with Gasteiger partial charge in [0.15, 0.2) is 0 Å². The predicted molar refractivity (Wildman–Crippen MR) is 62.6 cm³/mol. The van der Waals surface area contributed by atoms with Crippen LogP contribution in [-0.2, 0) is 16.0 Å². The summed E-state index contributed by atoms with van der Waals surface area (Å²) < 4.78 is 5.01. The van der Waals surface area contributed by atoms with E-state index in [2.05, 4.69) is 13.8 Å². The van der Waals surface area contributed by atoms with E-state index >= 15 is 0 Å². The van der Waals surface area contributed by atoms with Gasteiger partial charge in [-0.1, -0.05) is 44.2 Å². The molecule has 0 saturated carbocycles. The van der Waals surface area contributed by atoms with E-state index in [-0.39, 0.29) is 11.9 Å². The minimum Gasteiger partial charge on any atom is -0.434 e. The van der Waals surface area contributed by atoms with E-state index in [0.717, 1.165) is 12.0 Å². The summed E-state index contributed by atoms with van der Waals surface area (Å²) in [5.74, 6) is 0.148. The third-order valence-electron chi connectivity index (χ3n) is 2.95. The molecule has 0 aliphatic carbocycles. The van der Waals surface area contributed by atoms with Crippen LogP contribution in [0.2, 0.25) is 0 Å². The highest BCUT2D eigenvalue weighted by Gasteiger charge is 2.31. The van der Waals surface area contributed by atoms with Gasteiger partial charge in [0.2, 0.25) is 0 Å². The molecule has 1 aromatic carbocycles. The van der Waals surface area contributed by atoms with Crippen LogP contribution in [0.1, 0.15) is 19.4 Å². The molecule has 1 heterocycles. The maximum Gasteiger partial charge on any atom is 0.318 e. The first-order valence-corrected chi connectivity index (χ1v) is 5.63. The van der Waals surface area contributed by atoms with Crippen LogP contribution in [0.15, 0.2) is 42.2 Å². The molecule has 2 heteroatoms. The van der Waals surface area contributed by atoms with Gasteiger partial charge in [-0.25, -0.2) is 0 Å². The van der Waals surface area contributed by atoms with Crippen molar-refractivity contribution in [2.45, 2.75) is 20.3 Å². The molecule has 2 rings (SSSR count). The highest BCUT2D eigenvalue weighted by molar-refractivity contribution is 5.79. The van der Waals surface area contributed by atoms with E-state index in [1.807, 2.05) is 30.3 Å². The Morgan fingerprint density at radius 3 is 2.56 bits per heavy atom. The molecule has 1 aliphatic rings. The fraction of sp³-hybridized carbons (Fsp3) is 0.357. The molecule has 0 spiro atoms. The van der Waals surface area contributed by atoms with Crippen LogP contribution in [0.5, 0.6) is 0 Å². The smallest absolute Gasteiger partial charge is 0.318 e. The van der Waals surface area contributed by atoms with Crippen LogP contribution in [0.4, 0.5) is 0 Å². The number of cyclic esters (lactones) is 1. The zero-order valence-corrected chi connectivity index (χ0v) is 9.64. The summed E-state index contributed by atoms with van der Waals surface area (Å²) in [5, 5.41) is 0. The standard InChI is InChI=1S/C14H16O2/c1-10(2)13-9-16-14(15)12(13)8-11-6-4-3-5-7-11/h3-7,9-10,12H,8H2,1-2H3/t12-/m1/s1. The Morgan fingerprint density at radius 1 is 1.25 bits per heavy atom. The molecule has 84 valence electrons. The van der Waals surface area contributed by atoms with E-state index in [4.69, 9.17) is 4.74 Å². The molecule has 0 radical (unpaired) electrons. The van der Waals surface area contributed by atoms with Gasteiger partial charge >= 0.3 is 5.97 Å². The first kappa shape index (κ1) is 10.9. The van der Waals surface area contributed by atoms with Gasteiger partial charge in [-0.15, -0.1) is 0 Å². The molecule has 0 fully saturated rings. The highest BCUT2D eigenvalue weighted by atomic mass is 16.5. The summed E-state index contributed by atoms with van der Waals surface area (Å²) in [6.07, 6.45) is 2.37. The van der Waals surface area contributed by atoms with E-state index in [9.17, 15) is 4.79 Å². The molecule has 0 saturated heterocycles. The van der Waals surface area contributed by atoms with Gasteiger partial charge in [0.25, 0.3) is 0 Å². The largest absolute Gasteiger partial charge is 0.434 e. The van der Waals surface area contributed by atoms with Gasteiger partial charge in [0.1, 0.15) is 0 Å². The average molecular weight is 216 g/mol. The van der Waals surface area contributed by atoms with Crippen molar-refractivity contribution in [1.29, 1.82) is 0 Å². The first-order chi connectivity index (χ1) is 7.68. The summed E-state index contributed by atoms with van der Waals surface area (Å²) in [7, 11) is 0. The van der Waals surface area contributed by atoms with Gasteiger partial charge in [0.05, 0.1) is 12.2 Å². The quantitative estimate of drug-likeness (QED) is 0.726. The Hall–Kier alpha value is -1.57. The van der Waals surface area contributed by atoms with E-state index in [1.54, 1.807) is 6.26 Å². The van der Waals surface area contributed by atoms with Crippen molar-refractivity contribution in [2.75, 3.05) is 0 Å². The molecule has 2 nitrogen and oxygen atoms in total. The number of carbonyl (C=O) groups is 1. The summed E-state index contributed by atoms with van der Waals surface area (Å²) in [6, 6.07) is 10.1. The van der Waals surface area contributed by atoms with Crippen LogP contribution in [-0.4, -0.2) is 5.97 Å². The second-order valence-electron chi connectivity index (χ2n) is 4.45. The molecule has 0 amide bonds. The second-order valence-corrected chi connectivity index (χ2v) is 4.45. The summed E-state index contributed by atoms with van der Waals surface area (Å²) in [6.45, 7) is 4.18. The SMILES string of the molecule is CC(C)C1=COC(=O)[C@@H]1Cc1ccccc1. The lowest BCUT2D eigenvalue weighted by atomic mass is 9.87. The van der Waals surface area contributed by atoms with Crippen LogP contribution in [0.3, 0.4) is 0 Å². The summed E-state index contributed by atoms with van der Waals surface area (Å²) >= 11 is 0. The lowest BCUT2D eigenvalue weighted by Gasteiger charge is -2.13. The number of benzene rings is 1. The van der Waals surface area contributed by atoms with Crippen LogP contribution < -0.4 is 0 Å². The minimum absolute atomic E-state index is 0.0950. The maximum atomic E-state index is 11.6. The van der Waals surface area contributed by atoms with E-state index < -0.39 is 0 Å². The summed E-state index contributed by atoms with van der Waals surface area (Å²) in [5.41, 5.74) is 2.28. The van der Waals surface area contributed by atoms with Crippen LogP contribution >= 0.6 is 0 Å². The normalized spacial score (nSPS) is 19.8. The number of rotatable bonds is 3. The fourth-order valence-electron chi connectivity index (χ4n) is 2.02. The Morgan fingerprint density at radius 2 is 1.94 bits per heavy atom. The molecule has 1 aromatic rings. The van der Waals surface area contributed by atoms with Gasteiger partial charge < -0.3 is 4.74 Å². The average Bonchev–Trinajstić information content (AvgIpc) is 2.62. The van der Waals surface area contributed by atoms with E-state index in [0.29, 0.717) is 5.92 Å². The zero-order valence-electron chi connectivity index (χ0n) is 9.64. The fourth-order valence-corrected chi connectivity index (χ4v) is 2.02. The monoisotopic (exact) mass is 216 g/mol. The maximum absolute atomic E-state index is 11.6. The van der Waals surface area contributed by atoms with Gasteiger partial charge in [-0.2, -0.15) is 0 Å². The highest BCUT2D eigenvalue weighted by Crippen LogP contribution is 2.29. The number of hydrogen-bond acceptors (Lipinski definition) is 2. The molecular formula is C14H16O2. The Balaban J connectivity index is 2.15. The molecule has 16 heavy (non-hydrogen) atoms. The number of esters is 1. The number of ether oxygens (including phenoxy) is 1. The van der Waals surface area contributed by atoms with Crippen molar-refractivity contribution in [2.24, 2.45) is 11.8 Å². The van der Waals surface area contributed by atoms with Crippen molar-refractivity contribution in [3.63, 3.8) is 0 Å². The molecule has 1 atom stereocenters. The van der Waals surface area contributed by atoms with Gasteiger partial charge in [0, 0.05) is 0 Å². The van der Waals surface area contributed by atoms with Crippen molar-refractivity contribution in [3.05, 3.63) is 47.7 Å². The molecular weight excluding hydrogens is 200 g/mol. The third kappa shape index (κ3) is 2.16. The number of hydrogen-bond donors (Lipinski definition) is 0. The van der Waals surface area contributed by atoms with Gasteiger partial charge in [-0.05, 0) is 23.5 Å². The van der Waals surface area contributed by atoms with Crippen LogP contribution in [0, 0.1) is 11.8 Å². The minimum atomic E-state index is -0.118. The van der Waals surface area contributed by atoms with Crippen molar-refractivity contribution in [3.8, 4) is 0 Å². The lowest BCUT2D eigenvalue weighted by molar-refractivity contribution is -0.139. The van der Waals surface area contributed by atoms with Crippen molar-refractivity contribution >= 4 is 5.97 Å². The molecule has 0 bridgehead atoms. The third-order valence-corrected chi connectivity index (χ3v) is 2.95. The van der Waals surface area contributed by atoms with Gasteiger partial charge in [-0.3, -0.25) is 4.79 Å². The second kappa shape index (κ2) is 4.52. The lowest BCUT2D eigenvalue weighted by Crippen LogP contribution is -2.17. The predicted octanol–water partition coefficient (Wildman–Crippen LogP) is 2.94. The Bertz CT molecular complexity index is 404. The topological polar surface area (TPSA) is 26.3 Å². The Labute approximate surface area is 95.9 Å². The Kier molecular flexibility index (Phi) is 3.09. The zero-order chi connectivity index (χ0) is 11.5. The molecule has 0 unspecified atom stereocenters.